The topological polar surface area (TPSA) is 61.4 Å². The first-order valence-electron chi connectivity index (χ1n) is 7.95. The second-order valence-electron chi connectivity index (χ2n) is 5.81. The molecule has 1 fully saturated rings. The minimum atomic E-state index is -0.751. The first kappa shape index (κ1) is 16.5. The molecule has 0 aliphatic carbocycles. The zero-order valence-corrected chi connectivity index (χ0v) is 13.4. The fourth-order valence-electron chi connectivity index (χ4n) is 2.89. The molecule has 1 aromatic rings. The highest BCUT2D eigenvalue weighted by Crippen LogP contribution is 2.30. The quantitative estimate of drug-likeness (QED) is 0.781. The molecule has 22 heavy (non-hydrogen) atoms. The molecule has 0 aromatic heterocycles. The molecule has 0 spiro atoms. The van der Waals surface area contributed by atoms with E-state index in [4.69, 9.17) is 0 Å². The molecular weight excluding hydrogens is 278 g/mol. The zero-order chi connectivity index (χ0) is 16.0. The van der Waals surface area contributed by atoms with Crippen molar-refractivity contribution in [2.75, 3.05) is 26.2 Å². The number of likely N-dealkylation sites (N-methyl/N-ethyl adjacent to an activating group) is 1. The molecule has 1 heterocycles. The Kier molecular flexibility index (Phi) is 5.55. The van der Waals surface area contributed by atoms with Gasteiger partial charge in [0.15, 0.2) is 0 Å². The van der Waals surface area contributed by atoms with Gasteiger partial charge in [0.25, 0.3) is 5.91 Å². The number of rotatable bonds is 6. The summed E-state index contributed by atoms with van der Waals surface area (Å²) in [4.78, 5) is 26.9. The molecule has 0 radical (unpaired) electrons. The summed E-state index contributed by atoms with van der Waals surface area (Å²) in [7, 11) is 0. The van der Waals surface area contributed by atoms with Gasteiger partial charge < -0.3 is 15.5 Å². The fraction of sp³-hybridized carbons (Fsp3) is 0.529. The third-order valence-electron chi connectivity index (χ3n) is 4.23. The molecule has 0 saturated carbocycles. The third-order valence-corrected chi connectivity index (χ3v) is 4.23. The van der Waals surface area contributed by atoms with Gasteiger partial charge in [-0.2, -0.15) is 0 Å². The SMILES string of the molecule is CCNCCNC(=O)C1(C)CCCN1C(=O)c1ccccc1. The van der Waals surface area contributed by atoms with Crippen molar-refractivity contribution in [3.8, 4) is 0 Å². The van der Waals surface area contributed by atoms with Gasteiger partial charge in [0.05, 0.1) is 0 Å². The van der Waals surface area contributed by atoms with Crippen molar-refractivity contribution in [2.24, 2.45) is 0 Å². The molecule has 1 unspecified atom stereocenters. The van der Waals surface area contributed by atoms with Crippen LogP contribution in [-0.4, -0.2) is 48.4 Å². The van der Waals surface area contributed by atoms with E-state index >= 15 is 0 Å². The summed E-state index contributed by atoms with van der Waals surface area (Å²) in [6.45, 7) is 6.72. The summed E-state index contributed by atoms with van der Waals surface area (Å²) < 4.78 is 0. The first-order valence-corrected chi connectivity index (χ1v) is 7.95. The van der Waals surface area contributed by atoms with Crippen molar-refractivity contribution < 1.29 is 9.59 Å². The standard InChI is InChI=1S/C17H25N3O2/c1-3-18-11-12-19-16(22)17(2)10-7-13-20(17)15(21)14-8-5-4-6-9-14/h4-6,8-9,18H,3,7,10-13H2,1-2H3,(H,19,22). The number of nitrogens with one attached hydrogen (secondary N) is 2. The van der Waals surface area contributed by atoms with Gasteiger partial charge in [-0.05, 0) is 38.4 Å². The lowest BCUT2D eigenvalue weighted by atomic mass is 9.97. The van der Waals surface area contributed by atoms with Crippen molar-refractivity contribution in [2.45, 2.75) is 32.2 Å². The largest absolute Gasteiger partial charge is 0.353 e. The van der Waals surface area contributed by atoms with Gasteiger partial charge in [-0.3, -0.25) is 9.59 Å². The molecule has 5 heteroatoms. The lowest BCUT2D eigenvalue weighted by Gasteiger charge is -2.34. The van der Waals surface area contributed by atoms with Crippen LogP contribution in [-0.2, 0) is 4.79 Å². The van der Waals surface area contributed by atoms with Gasteiger partial charge in [0.2, 0.25) is 5.91 Å². The van der Waals surface area contributed by atoms with Crippen LogP contribution in [0.15, 0.2) is 30.3 Å². The van der Waals surface area contributed by atoms with Gasteiger partial charge in [-0.15, -0.1) is 0 Å². The van der Waals surface area contributed by atoms with E-state index in [2.05, 4.69) is 10.6 Å². The average Bonchev–Trinajstić information content (AvgIpc) is 2.94. The summed E-state index contributed by atoms with van der Waals surface area (Å²) in [6.07, 6.45) is 1.56. The number of carbonyl (C=O) groups excluding carboxylic acids is 2. The first-order chi connectivity index (χ1) is 10.6. The molecule has 1 aliphatic heterocycles. The molecule has 2 N–H and O–H groups in total. The third kappa shape index (κ3) is 3.47. The summed E-state index contributed by atoms with van der Waals surface area (Å²) >= 11 is 0. The van der Waals surface area contributed by atoms with Crippen molar-refractivity contribution in [3.05, 3.63) is 35.9 Å². The Bertz CT molecular complexity index is 518. The van der Waals surface area contributed by atoms with E-state index < -0.39 is 5.54 Å². The van der Waals surface area contributed by atoms with Crippen LogP contribution in [0.1, 0.15) is 37.0 Å². The minimum absolute atomic E-state index is 0.0628. The van der Waals surface area contributed by atoms with Gasteiger partial charge in [-0.1, -0.05) is 25.1 Å². The van der Waals surface area contributed by atoms with Crippen LogP contribution >= 0.6 is 0 Å². The van der Waals surface area contributed by atoms with Crippen LogP contribution < -0.4 is 10.6 Å². The number of likely N-dealkylation sites (tertiary alicyclic amines) is 1. The van der Waals surface area contributed by atoms with Crippen LogP contribution in [0.2, 0.25) is 0 Å². The van der Waals surface area contributed by atoms with E-state index in [1.165, 1.54) is 0 Å². The van der Waals surface area contributed by atoms with Gasteiger partial charge in [-0.25, -0.2) is 0 Å². The highest BCUT2D eigenvalue weighted by molar-refractivity contribution is 5.99. The lowest BCUT2D eigenvalue weighted by Crippen LogP contribution is -2.56. The number of hydrogen-bond acceptors (Lipinski definition) is 3. The number of amides is 2. The number of nitrogens with zero attached hydrogens (tertiary/aromatic N) is 1. The molecule has 2 amide bonds. The molecule has 5 nitrogen and oxygen atoms in total. The molecule has 1 saturated heterocycles. The van der Waals surface area contributed by atoms with E-state index in [0.29, 0.717) is 25.1 Å². The second-order valence-corrected chi connectivity index (χ2v) is 5.81. The van der Waals surface area contributed by atoms with Crippen molar-refractivity contribution in [1.82, 2.24) is 15.5 Å². The van der Waals surface area contributed by atoms with E-state index in [1.807, 2.05) is 32.0 Å². The van der Waals surface area contributed by atoms with Crippen molar-refractivity contribution in [3.63, 3.8) is 0 Å². The molecule has 0 bridgehead atoms. The Labute approximate surface area is 132 Å². The Balaban J connectivity index is 2.05. The predicted octanol–water partition coefficient (Wildman–Crippen LogP) is 1.41. The van der Waals surface area contributed by atoms with Crippen molar-refractivity contribution >= 4 is 11.8 Å². The number of benzene rings is 1. The van der Waals surface area contributed by atoms with Crippen LogP contribution in [0.5, 0.6) is 0 Å². The Morgan fingerprint density at radius 1 is 1.23 bits per heavy atom. The van der Waals surface area contributed by atoms with E-state index in [9.17, 15) is 9.59 Å². The van der Waals surface area contributed by atoms with Crippen LogP contribution in [0.25, 0.3) is 0 Å². The molecule has 120 valence electrons. The molecule has 1 atom stereocenters. The predicted molar refractivity (Wildman–Crippen MR) is 86.7 cm³/mol. The fourth-order valence-corrected chi connectivity index (χ4v) is 2.89. The van der Waals surface area contributed by atoms with Gasteiger partial charge in [0.1, 0.15) is 5.54 Å². The smallest absolute Gasteiger partial charge is 0.254 e. The van der Waals surface area contributed by atoms with E-state index in [1.54, 1.807) is 17.0 Å². The van der Waals surface area contributed by atoms with Crippen LogP contribution in [0.4, 0.5) is 0 Å². The number of hydrogen-bond donors (Lipinski definition) is 2. The van der Waals surface area contributed by atoms with Crippen LogP contribution in [0, 0.1) is 0 Å². The van der Waals surface area contributed by atoms with Gasteiger partial charge in [0, 0.05) is 25.2 Å². The maximum atomic E-state index is 12.7. The molecule has 1 aliphatic rings. The molecular formula is C17H25N3O2. The average molecular weight is 303 g/mol. The summed E-state index contributed by atoms with van der Waals surface area (Å²) in [6, 6.07) is 9.16. The lowest BCUT2D eigenvalue weighted by molar-refractivity contribution is -0.129. The van der Waals surface area contributed by atoms with E-state index in [-0.39, 0.29) is 11.8 Å². The minimum Gasteiger partial charge on any atom is -0.353 e. The number of carbonyl (C=O) groups is 2. The molecule has 1 aromatic carbocycles. The van der Waals surface area contributed by atoms with Crippen LogP contribution in [0.3, 0.4) is 0 Å². The Morgan fingerprint density at radius 3 is 2.64 bits per heavy atom. The summed E-state index contributed by atoms with van der Waals surface area (Å²) in [5.74, 6) is -0.130. The summed E-state index contributed by atoms with van der Waals surface area (Å²) in [5.41, 5.74) is -0.116. The summed E-state index contributed by atoms with van der Waals surface area (Å²) in [5, 5.41) is 6.11. The molecule has 2 rings (SSSR count). The highest BCUT2D eigenvalue weighted by atomic mass is 16.2. The van der Waals surface area contributed by atoms with Gasteiger partial charge >= 0.3 is 0 Å². The highest BCUT2D eigenvalue weighted by Gasteiger charge is 2.45. The van der Waals surface area contributed by atoms with Crippen molar-refractivity contribution in [1.29, 1.82) is 0 Å². The maximum Gasteiger partial charge on any atom is 0.254 e. The normalized spacial score (nSPS) is 20.9. The van der Waals surface area contributed by atoms with E-state index in [0.717, 1.165) is 19.5 Å². The maximum absolute atomic E-state index is 12.7. The Hall–Kier alpha value is -1.88. The second kappa shape index (κ2) is 7.40. The zero-order valence-electron chi connectivity index (χ0n) is 13.4. The monoisotopic (exact) mass is 303 g/mol. The Morgan fingerprint density at radius 2 is 1.95 bits per heavy atom.